The molecular formula is C27H32N2O3. The quantitative estimate of drug-likeness (QED) is 0.722. The van der Waals surface area contributed by atoms with Gasteiger partial charge in [0.25, 0.3) is 0 Å². The number of rotatable bonds is 2. The molecule has 5 nitrogen and oxygen atoms in total. The third-order valence-corrected chi connectivity index (χ3v) is 9.20. The smallest absolute Gasteiger partial charge is 0.165 e. The van der Waals surface area contributed by atoms with Gasteiger partial charge in [-0.1, -0.05) is 24.3 Å². The molecule has 0 unspecified atom stereocenters. The number of para-hydroxylation sites is 1. The average molecular weight is 433 g/mol. The van der Waals surface area contributed by atoms with E-state index in [0.29, 0.717) is 24.6 Å². The Balaban J connectivity index is 1.39. The Labute approximate surface area is 190 Å². The minimum Gasteiger partial charge on any atom is -0.493 e. The highest BCUT2D eigenvalue weighted by Gasteiger charge is 2.66. The number of anilines is 1. The minimum absolute atomic E-state index is 0.0969. The van der Waals surface area contributed by atoms with Crippen LogP contribution < -0.4 is 14.4 Å². The summed E-state index contributed by atoms with van der Waals surface area (Å²) in [5.41, 5.74) is 5.69. The number of likely N-dealkylation sites (tertiary alicyclic amines) is 1. The van der Waals surface area contributed by atoms with E-state index in [9.17, 15) is 0 Å². The van der Waals surface area contributed by atoms with Crippen molar-refractivity contribution >= 4 is 5.69 Å². The Bertz CT molecular complexity index is 1070. The van der Waals surface area contributed by atoms with Crippen molar-refractivity contribution in [1.82, 2.24) is 4.90 Å². The lowest BCUT2D eigenvalue weighted by Crippen LogP contribution is -2.68. The SMILES string of the molecule is COc1ccc2c3c1O[C@H]1[C@H](N4CCOCc5ccccc54)CC[C@H]4[C@@H](C2)N(C)CC[C@@]341. The zero-order chi connectivity index (χ0) is 21.4. The van der Waals surface area contributed by atoms with E-state index >= 15 is 0 Å². The minimum atomic E-state index is 0.0969. The van der Waals surface area contributed by atoms with Crippen molar-refractivity contribution in [3.05, 3.63) is 53.1 Å². The van der Waals surface area contributed by atoms with Crippen LogP contribution in [0.4, 0.5) is 5.69 Å². The summed E-state index contributed by atoms with van der Waals surface area (Å²) >= 11 is 0. The molecule has 3 aliphatic heterocycles. The molecule has 32 heavy (non-hydrogen) atoms. The van der Waals surface area contributed by atoms with Gasteiger partial charge in [-0.25, -0.2) is 0 Å². The van der Waals surface area contributed by atoms with Gasteiger partial charge < -0.3 is 24.0 Å². The number of piperidine rings is 1. The number of ether oxygens (including phenoxy) is 3. The maximum atomic E-state index is 7.03. The summed E-state index contributed by atoms with van der Waals surface area (Å²) in [6, 6.07) is 14.2. The first-order chi connectivity index (χ1) is 15.7. The summed E-state index contributed by atoms with van der Waals surface area (Å²) in [5, 5.41) is 0. The molecule has 0 N–H and O–H groups in total. The van der Waals surface area contributed by atoms with E-state index in [1.807, 2.05) is 0 Å². The Morgan fingerprint density at radius 2 is 1.94 bits per heavy atom. The number of likely N-dealkylation sites (N-methyl/N-ethyl adjacent to an activating group) is 1. The second-order valence-corrected chi connectivity index (χ2v) is 10.3. The van der Waals surface area contributed by atoms with Gasteiger partial charge in [0.15, 0.2) is 11.5 Å². The van der Waals surface area contributed by atoms with Gasteiger partial charge in [-0.3, -0.25) is 0 Å². The lowest BCUT2D eigenvalue weighted by Gasteiger charge is -2.60. The second kappa shape index (κ2) is 6.88. The molecule has 5 aliphatic rings. The zero-order valence-corrected chi connectivity index (χ0v) is 19.0. The predicted octanol–water partition coefficient (Wildman–Crippen LogP) is 3.77. The van der Waals surface area contributed by atoms with Crippen LogP contribution in [0.2, 0.25) is 0 Å². The molecular weight excluding hydrogens is 400 g/mol. The average Bonchev–Trinajstić information content (AvgIpc) is 3.02. The third kappa shape index (κ3) is 2.36. The monoisotopic (exact) mass is 432 g/mol. The molecule has 0 aromatic heterocycles. The van der Waals surface area contributed by atoms with Gasteiger partial charge in [-0.2, -0.15) is 0 Å². The zero-order valence-electron chi connectivity index (χ0n) is 19.0. The van der Waals surface area contributed by atoms with Gasteiger partial charge in [-0.15, -0.1) is 0 Å². The summed E-state index contributed by atoms with van der Waals surface area (Å²) in [7, 11) is 4.10. The van der Waals surface area contributed by atoms with Gasteiger partial charge in [0.05, 0.1) is 26.4 Å². The molecule has 0 radical (unpaired) electrons. The third-order valence-electron chi connectivity index (χ3n) is 9.20. The van der Waals surface area contributed by atoms with Crippen molar-refractivity contribution in [2.45, 2.75) is 55.9 Å². The fourth-order valence-electron chi connectivity index (χ4n) is 7.90. The van der Waals surface area contributed by atoms with Crippen molar-refractivity contribution in [2.75, 3.05) is 38.8 Å². The first kappa shape index (κ1) is 19.2. The molecule has 2 aromatic rings. The van der Waals surface area contributed by atoms with E-state index in [4.69, 9.17) is 14.2 Å². The molecule has 1 saturated heterocycles. The van der Waals surface area contributed by atoms with Gasteiger partial charge in [0, 0.05) is 34.8 Å². The molecule has 3 heterocycles. The lowest BCUT2D eigenvalue weighted by molar-refractivity contribution is -0.0526. The predicted molar refractivity (Wildman–Crippen MR) is 124 cm³/mol. The van der Waals surface area contributed by atoms with Crippen LogP contribution >= 0.6 is 0 Å². The normalized spacial score (nSPS) is 34.9. The molecule has 7 rings (SSSR count). The highest BCUT2D eigenvalue weighted by Crippen LogP contribution is 2.64. The van der Waals surface area contributed by atoms with Gasteiger partial charge in [-0.05, 0) is 62.9 Å². The van der Waals surface area contributed by atoms with Crippen molar-refractivity contribution in [3.63, 3.8) is 0 Å². The summed E-state index contributed by atoms with van der Waals surface area (Å²) in [4.78, 5) is 5.24. The number of hydrogen-bond donors (Lipinski definition) is 0. The molecule has 2 aromatic carbocycles. The van der Waals surface area contributed by atoms with E-state index < -0.39 is 0 Å². The van der Waals surface area contributed by atoms with E-state index in [-0.39, 0.29) is 11.5 Å². The van der Waals surface area contributed by atoms with Gasteiger partial charge in [0.2, 0.25) is 0 Å². The van der Waals surface area contributed by atoms with Crippen LogP contribution in [0, 0.1) is 5.92 Å². The Morgan fingerprint density at radius 1 is 1.03 bits per heavy atom. The molecule has 5 atom stereocenters. The van der Waals surface area contributed by atoms with Crippen LogP contribution in [0.15, 0.2) is 36.4 Å². The molecule has 1 saturated carbocycles. The Kier molecular flexibility index (Phi) is 4.14. The maximum Gasteiger partial charge on any atom is 0.165 e. The Morgan fingerprint density at radius 3 is 2.84 bits per heavy atom. The molecule has 5 heteroatoms. The Hall–Kier alpha value is -2.24. The van der Waals surface area contributed by atoms with E-state index in [0.717, 1.165) is 37.6 Å². The number of hydrogen-bond acceptors (Lipinski definition) is 5. The first-order valence-electron chi connectivity index (χ1n) is 12.2. The highest BCUT2D eigenvalue weighted by molar-refractivity contribution is 5.63. The van der Waals surface area contributed by atoms with Crippen LogP contribution in [0.3, 0.4) is 0 Å². The first-order valence-corrected chi connectivity index (χ1v) is 12.2. The standard InChI is InChI=1S/C27H32N2O3/c1-28-12-11-27-19-8-9-21(29-13-14-31-16-18-5-3-4-6-20(18)29)26(27)32-25-23(30-2)10-7-17(24(25)27)15-22(19)28/h3-7,10,19,21-22,26H,8-9,11-16H2,1-2H3/t19-,21+,22+,26-,27-/m0/s1. The topological polar surface area (TPSA) is 34.2 Å². The maximum absolute atomic E-state index is 7.03. The molecule has 2 aliphatic carbocycles. The van der Waals surface area contributed by atoms with Gasteiger partial charge >= 0.3 is 0 Å². The highest BCUT2D eigenvalue weighted by atomic mass is 16.5. The van der Waals surface area contributed by atoms with Crippen LogP contribution in [-0.2, 0) is 23.2 Å². The number of benzene rings is 2. The number of nitrogens with zero attached hydrogens (tertiary/aromatic N) is 2. The van der Waals surface area contributed by atoms with E-state index in [1.165, 1.54) is 41.6 Å². The van der Waals surface area contributed by atoms with Crippen molar-refractivity contribution < 1.29 is 14.2 Å². The van der Waals surface area contributed by atoms with Crippen LogP contribution in [0.5, 0.6) is 11.5 Å². The van der Waals surface area contributed by atoms with Crippen molar-refractivity contribution in [2.24, 2.45) is 5.92 Å². The number of fused-ring (bicyclic) bond motifs is 1. The fourth-order valence-corrected chi connectivity index (χ4v) is 7.90. The largest absolute Gasteiger partial charge is 0.493 e. The molecule has 0 amide bonds. The molecule has 168 valence electrons. The van der Waals surface area contributed by atoms with Crippen LogP contribution in [0.1, 0.15) is 36.0 Å². The van der Waals surface area contributed by atoms with Crippen molar-refractivity contribution in [1.29, 1.82) is 0 Å². The lowest BCUT2D eigenvalue weighted by atomic mass is 9.51. The summed E-state index contributed by atoms with van der Waals surface area (Å²) in [6.45, 7) is 3.53. The number of methoxy groups -OCH3 is 1. The van der Waals surface area contributed by atoms with E-state index in [2.05, 4.69) is 53.2 Å². The summed E-state index contributed by atoms with van der Waals surface area (Å²) in [5.74, 6) is 2.60. The van der Waals surface area contributed by atoms with Gasteiger partial charge in [0.1, 0.15) is 6.10 Å². The van der Waals surface area contributed by atoms with Crippen LogP contribution in [-0.4, -0.2) is 56.9 Å². The fraction of sp³-hybridized carbons (Fsp3) is 0.556. The molecule has 2 bridgehead atoms. The second-order valence-electron chi connectivity index (χ2n) is 10.3. The van der Waals surface area contributed by atoms with E-state index in [1.54, 1.807) is 7.11 Å². The summed E-state index contributed by atoms with van der Waals surface area (Å²) < 4.78 is 18.8. The molecule has 2 fully saturated rings. The van der Waals surface area contributed by atoms with Crippen LogP contribution in [0.25, 0.3) is 0 Å². The van der Waals surface area contributed by atoms with Crippen molar-refractivity contribution in [3.8, 4) is 11.5 Å². The summed E-state index contributed by atoms with van der Waals surface area (Å²) in [6.07, 6.45) is 4.90. The molecule has 1 spiro atoms.